The van der Waals surface area contributed by atoms with Crippen LogP contribution in [0.25, 0.3) is 17.0 Å². The van der Waals surface area contributed by atoms with Crippen molar-refractivity contribution in [3.05, 3.63) is 46.8 Å². The molecule has 3 heterocycles. The van der Waals surface area contributed by atoms with Gasteiger partial charge in [-0.3, -0.25) is 4.98 Å². The van der Waals surface area contributed by atoms with Gasteiger partial charge in [0.2, 0.25) is 0 Å². The van der Waals surface area contributed by atoms with Gasteiger partial charge in [-0.05, 0) is 46.6 Å². The van der Waals surface area contributed by atoms with Crippen molar-refractivity contribution in [2.45, 2.75) is 6.92 Å². The molecule has 0 aliphatic carbocycles. The van der Waals surface area contributed by atoms with E-state index in [1.807, 2.05) is 31.3 Å². The molecule has 4 nitrogen and oxygen atoms in total. The standard InChI is InChI=1S/C12H9BrN4/c1-8-5-10(13)7-17-12(8)15-11(16-17)9-3-2-4-14-6-9/h2-7H,1H3. The first-order valence-corrected chi connectivity index (χ1v) is 5.96. The Morgan fingerprint density at radius 1 is 1.35 bits per heavy atom. The summed E-state index contributed by atoms with van der Waals surface area (Å²) in [6, 6.07) is 5.85. The zero-order chi connectivity index (χ0) is 11.8. The minimum atomic E-state index is 0.694. The van der Waals surface area contributed by atoms with Crippen molar-refractivity contribution in [3.63, 3.8) is 0 Å². The molecule has 0 aliphatic heterocycles. The molecule has 0 fully saturated rings. The molecule has 0 spiro atoms. The number of hydrogen-bond acceptors (Lipinski definition) is 3. The third-order valence-electron chi connectivity index (χ3n) is 2.50. The summed E-state index contributed by atoms with van der Waals surface area (Å²) in [6.45, 7) is 2.02. The van der Waals surface area contributed by atoms with E-state index >= 15 is 0 Å². The average molecular weight is 289 g/mol. The maximum Gasteiger partial charge on any atom is 0.183 e. The average Bonchev–Trinajstić information content (AvgIpc) is 2.74. The molecular weight excluding hydrogens is 280 g/mol. The Balaban J connectivity index is 2.24. The fourth-order valence-electron chi connectivity index (χ4n) is 1.72. The highest BCUT2D eigenvalue weighted by molar-refractivity contribution is 9.10. The largest absolute Gasteiger partial charge is 0.264 e. The lowest BCUT2D eigenvalue weighted by molar-refractivity contribution is 0.954. The van der Waals surface area contributed by atoms with Crippen LogP contribution in [0.4, 0.5) is 0 Å². The molecule has 5 heteroatoms. The molecule has 0 saturated heterocycles. The van der Waals surface area contributed by atoms with E-state index in [0.29, 0.717) is 5.82 Å². The monoisotopic (exact) mass is 288 g/mol. The fraction of sp³-hybridized carbons (Fsp3) is 0.0833. The van der Waals surface area contributed by atoms with Gasteiger partial charge in [-0.15, -0.1) is 5.10 Å². The van der Waals surface area contributed by atoms with Crippen LogP contribution in [-0.4, -0.2) is 19.6 Å². The van der Waals surface area contributed by atoms with E-state index in [0.717, 1.165) is 21.2 Å². The first-order valence-electron chi connectivity index (χ1n) is 5.17. The number of pyridine rings is 2. The van der Waals surface area contributed by atoms with Crippen LogP contribution in [0.3, 0.4) is 0 Å². The highest BCUT2D eigenvalue weighted by atomic mass is 79.9. The first-order chi connectivity index (χ1) is 8.24. The van der Waals surface area contributed by atoms with Gasteiger partial charge >= 0.3 is 0 Å². The molecular formula is C12H9BrN4. The van der Waals surface area contributed by atoms with Gasteiger partial charge in [0.25, 0.3) is 0 Å². The molecule has 17 heavy (non-hydrogen) atoms. The van der Waals surface area contributed by atoms with Crippen molar-refractivity contribution >= 4 is 21.6 Å². The van der Waals surface area contributed by atoms with Crippen molar-refractivity contribution in [2.75, 3.05) is 0 Å². The smallest absolute Gasteiger partial charge is 0.183 e. The SMILES string of the molecule is Cc1cc(Br)cn2nc(-c3cccnc3)nc12. The van der Waals surface area contributed by atoms with Gasteiger partial charge in [0.1, 0.15) is 0 Å². The molecule has 0 atom stereocenters. The Morgan fingerprint density at radius 3 is 3.00 bits per heavy atom. The minimum Gasteiger partial charge on any atom is -0.264 e. The van der Waals surface area contributed by atoms with Crippen molar-refractivity contribution < 1.29 is 0 Å². The van der Waals surface area contributed by atoms with Gasteiger partial charge < -0.3 is 0 Å². The summed E-state index contributed by atoms with van der Waals surface area (Å²) in [5.41, 5.74) is 2.88. The predicted octanol–water partition coefficient (Wildman–Crippen LogP) is 2.86. The maximum atomic E-state index is 4.51. The van der Waals surface area contributed by atoms with Crippen LogP contribution in [0, 0.1) is 6.92 Å². The van der Waals surface area contributed by atoms with Crippen LogP contribution in [-0.2, 0) is 0 Å². The molecule has 0 amide bonds. The molecule has 0 aromatic carbocycles. The summed E-state index contributed by atoms with van der Waals surface area (Å²) in [6.07, 6.45) is 5.40. The van der Waals surface area contributed by atoms with Crippen LogP contribution in [0.15, 0.2) is 41.3 Å². The zero-order valence-corrected chi connectivity index (χ0v) is 10.7. The third kappa shape index (κ3) is 1.82. The van der Waals surface area contributed by atoms with Gasteiger partial charge in [-0.25, -0.2) is 9.50 Å². The van der Waals surface area contributed by atoms with Gasteiger partial charge in [-0.1, -0.05) is 0 Å². The molecule has 0 aliphatic rings. The Bertz CT molecular complexity index is 676. The van der Waals surface area contributed by atoms with Crippen LogP contribution >= 0.6 is 15.9 Å². The van der Waals surface area contributed by atoms with E-state index in [-0.39, 0.29) is 0 Å². The quantitative estimate of drug-likeness (QED) is 0.692. The Kier molecular flexibility index (Phi) is 2.40. The van der Waals surface area contributed by atoms with Gasteiger partial charge in [0.05, 0.1) is 0 Å². The van der Waals surface area contributed by atoms with Crippen LogP contribution in [0.5, 0.6) is 0 Å². The van der Waals surface area contributed by atoms with Crippen molar-refractivity contribution in [1.82, 2.24) is 19.6 Å². The highest BCUT2D eigenvalue weighted by Crippen LogP contribution is 2.19. The summed E-state index contributed by atoms with van der Waals surface area (Å²) in [4.78, 5) is 8.59. The van der Waals surface area contributed by atoms with E-state index in [1.165, 1.54) is 0 Å². The molecule has 0 radical (unpaired) electrons. The summed E-state index contributed by atoms with van der Waals surface area (Å²) in [7, 11) is 0. The predicted molar refractivity (Wildman–Crippen MR) is 68.7 cm³/mol. The molecule has 0 unspecified atom stereocenters. The number of aromatic nitrogens is 4. The number of aryl methyl sites for hydroxylation is 1. The second-order valence-electron chi connectivity index (χ2n) is 3.79. The van der Waals surface area contributed by atoms with Gasteiger partial charge in [0.15, 0.2) is 11.5 Å². The normalized spacial score (nSPS) is 10.9. The molecule has 0 saturated carbocycles. The van der Waals surface area contributed by atoms with E-state index < -0.39 is 0 Å². The van der Waals surface area contributed by atoms with Crippen molar-refractivity contribution in [3.8, 4) is 11.4 Å². The Labute approximate surface area is 106 Å². The summed E-state index contributed by atoms with van der Waals surface area (Å²) in [5.74, 6) is 0.694. The molecule has 84 valence electrons. The number of rotatable bonds is 1. The number of fused-ring (bicyclic) bond motifs is 1. The lowest BCUT2D eigenvalue weighted by Gasteiger charge is -1.96. The second kappa shape index (κ2) is 3.92. The molecule has 0 bridgehead atoms. The number of hydrogen-bond donors (Lipinski definition) is 0. The zero-order valence-electron chi connectivity index (χ0n) is 9.13. The fourth-order valence-corrected chi connectivity index (χ4v) is 2.26. The Morgan fingerprint density at radius 2 is 2.24 bits per heavy atom. The van der Waals surface area contributed by atoms with Crippen LogP contribution < -0.4 is 0 Å². The van der Waals surface area contributed by atoms with E-state index in [2.05, 4.69) is 31.0 Å². The third-order valence-corrected chi connectivity index (χ3v) is 2.94. The highest BCUT2D eigenvalue weighted by Gasteiger charge is 2.08. The van der Waals surface area contributed by atoms with E-state index in [4.69, 9.17) is 0 Å². The second-order valence-corrected chi connectivity index (χ2v) is 4.70. The summed E-state index contributed by atoms with van der Waals surface area (Å²) < 4.78 is 2.77. The molecule has 0 N–H and O–H groups in total. The van der Waals surface area contributed by atoms with Crippen molar-refractivity contribution in [2.24, 2.45) is 0 Å². The topological polar surface area (TPSA) is 43.1 Å². The van der Waals surface area contributed by atoms with Gasteiger partial charge in [-0.2, -0.15) is 0 Å². The summed E-state index contributed by atoms with van der Waals surface area (Å²) in [5, 5.41) is 4.44. The van der Waals surface area contributed by atoms with Gasteiger partial charge in [0, 0.05) is 28.6 Å². The minimum absolute atomic E-state index is 0.694. The summed E-state index contributed by atoms with van der Waals surface area (Å²) >= 11 is 3.45. The van der Waals surface area contributed by atoms with Crippen LogP contribution in [0.1, 0.15) is 5.56 Å². The lowest BCUT2D eigenvalue weighted by atomic mass is 10.3. The van der Waals surface area contributed by atoms with E-state index in [1.54, 1.807) is 16.9 Å². The first kappa shape index (κ1) is 10.4. The van der Waals surface area contributed by atoms with Crippen LogP contribution in [0.2, 0.25) is 0 Å². The maximum absolute atomic E-state index is 4.51. The molecule has 3 aromatic heterocycles. The lowest BCUT2D eigenvalue weighted by Crippen LogP contribution is -1.89. The molecule has 3 rings (SSSR count). The number of halogens is 1. The molecule has 3 aromatic rings. The van der Waals surface area contributed by atoms with E-state index in [9.17, 15) is 0 Å². The number of nitrogens with zero attached hydrogens (tertiary/aromatic N) is 4. The van der Waals surface area contributed by atoms with Crippen molar-refractivity contribution in [1.29, 1.82) is 0 Å². The Hall–Kier alpha value is -1.75.